The van der Waals surface area contributed by atoms with Crippen LogP contribution in [0.4, 0.5) is 0 Å². The molecule has 2 heterocycles. The molecule has 17 heavy (non-hydrogen) atoms. The third-order valence-corrected chi connectivity index (χ3v) is 3.57. The summed E-state index contributed by atoms with van der Waals surface area (Å²) >= 11 is 0. The van der Waals surface area contributed by atoms with Gasteiger partial charge in [0.1, 0.15) is 11.6 Å². The Kier molecular flexibility index (Phi) is 4.12. The Morgan fingerprint density at radius 3 is 2.76 bits per heavy atom. The molecule has 0 amide bonds. The zero-order valence-electron chi connectivity index (χ0n) is 10.7. The molecule has 0 aromatic carbocycles. The predicted octanol–water partition coefficient (Wildman–Crippen LogP) is 0.682. The molecule has 96 valence electrons. The van der Waals surface area contributed by atoms with Gasteiger partial charge >= 0.3 is 0 Å². The van der Waals surface area contributed by atoms with E-state index in [9.17, 15) is 5.11 Å². The van der Waals surface area contributed by atoms with Gasteiger partial charge in [-0.1, -0.05) is 0 Å². The second kappa shape index (κ2) is 5.60. The van der Waals surface area contributed by atoms with E-state index in [0.29, 0.717) is 5.92 Å². The largest absolute Gasteiger partial charge is 0.394 e. The fraction of sp³-hybridized carbons (Fsp3) is 0.833. The Bertz CT molecular complexity index is 357. The molecule has 0 saturated carbocycles. The molecule has 0 spiro atoms. The molecule has 0 bridgehead atoms. The highest BCUT2D eigenvalue weighted by molar-refractivity contribution is 4.98. The van der Waals surface area contributed by atoms with Crippen molar-refractivity contribution in [2.45, 2.75) is 39.2 Å². The Balaban J connectivity index is 2.09. The van der Waals surface area contributed by atoms with Gasteiger partial charge in [0.2, 0.25) is 0 Å². The van der Waals surface area contributed by atoms with Crippen LogP contribution in [0.5, 0.6) is 0 Å². The summed E-state index contributed by atoms with van der Waals surface area (Å²) in [5.74, 6) is 2.62. The monoisotopic (exact) mass is 238 g/mol. The molecule has 1 fully saturated rings. The number of rotatable bonds is 4. The predicted molar refractivity (Wildman–Crippen MR) is 65.9 cm³/mol. The van der Waals surface area contributed by atoms with Crippen molar-refractivity contribution in [1.82, 2.24) is 20.1 Å². The number of hydrogen-bond acceptors (Lipinski definition) is 4. The first kappa shape index (κ1) is 12.5. The highest BCUT2D eigenvalue weighted by atomic mass is 16.3. The molecular weight excluding hydrogens is 216 g/mol. The van der Waals surface area contributed by atoms with Crippen LogP contribution >= 0.6 is 0 Å². The molecule has 0 aliphatic carbocycles. The molecule has 1 unspecified atom stereocenters. The van der Waals surface area contributed by atoms with E-state index in [0.717, 1.165) is 31.2 Å². The molecule has 1 aliphatic rings. The molecule has 0 radical (unpaired) electrons. The first-order valence-corrected chi connectivity index (χ1v) is 6.44. The summed E-state index contributed by atoms with van der Waals surface area (Å²) in [7, 11) is 0. The number of hydrogen-bond donors (Lipinski definition) is 2. The van der Waals surface area contributed by atoms with E-state index >= 15 is 0 Å². The highest BCUT2D eigenvalue weighted by Gasteiger charge is 2.19. The Hall–Kier alpha value is -0.940. The zero-order chi connectivity index (χ0) is 12.3. The standard InChI is InChI=1S/C12H22N4O/c1-9(8-17)16-10(2)14-15-12(16)7-11-3-5-13-6-4-11/h9,11,13,17H,3-8H2,1-2H3. The molecule has 2 rings (SSSR count). The average molecular weight is 238 g/mol. The second-order valence-corrected chi connectivity index (χ2v) is 4.96. The molecule has 1 aliphatic heterocycles. The normalized spacial score (nSPS) is 19.5. The van der Waals surface area contributed by atoms with Gasteiger partial charge in [-0.2, -0.15) is 0 Å². The van der Waals surface area contributed by atoms with Crippen molar-refractivity contribution in [3.63, 3.8) is 0 Å². The molecule has 1 saturated heterocycles. The number of aromatic nitrogens is 3. The van der Waals surface area contributed by atoms with Crippen LogP contribution in [0.3, 0.4) is 0 Å². The summed E-state index contributed by atoms with van der Waals surface area (Å²) in [6.45, 7) is 6.30. The van der Waals surface area contributed by atoms with Crippen LogP contribution in [0.15, 0.2) is 0 Å². The van der Waals surface area contributed by atoms with E-state index in [1.165, 1.54) is 12.8 Å². The van der Waals surface area contributed by atoms with Crippen molar-refractivity contribution in [2.75, 3.05) is 19.7 Å². The fourth-order valence-electron chi connectivity index (χ4n) is 2.55. The van der Waals surface area contributed by atoms with E-state index in [1.807, 2.05) is 13.8 Å². The van der Waals surface area contributed by atoms with Crippen molar-refractivity contribution >= 4 is 0 Å². The molecular formula is C12H22N4O. The number of nitrogens with one attached hydrogen (secondary N) is 1. The molecule has 2 N–H and O–H groups in total. The van der Waals surface area contributed by atoms with E-state index in [-0.39, 0.29) is 12.6 Å². The van der Waals surface area contributed by atoms with Crippen LogP contribution in [0, 0.1) is 12.8 Å². The lowest BCUT2D eigenvalue weighted by molar-refractivity contribution is 0.232. The molecule has 1 atom stereocenters. The Morgan fingerprint density at radius 1 is 1.41 bits per heavy atom. The minimum Gasteiger partial charge on any atom is -0.394 e. The summed E-state index contributed by atoms with van der Waals surface area (Å²) in [5, 5.41) is 21.0. The number of piperidine rings is 1. The summed E-state index contributed by atoms with van der Waals surface area (Å²) in [5.41, 5.74) is 0. The van der Waals surface area contributed by atoms with E-state index in [4.69, 9.17) is 0 Å². The van der Waals surface area contributed by atoms with Crippen molar-refractivity contribution in [2.24, 2.45) is 5.92 Å². The lowest BCUT2D eigenvalue weighted by Gasteiger charge is -2.23. The van der Waals surface area contributed by atoms with E-state index < -0.39 is 0 Å². The number of aliphatic hydroxyl groups excluding tert-OH is 1. The third kappa shape index (κ3) is 2.84. The lowest BCUT2D eigenvalue weighted by Crippen LogP contribution is -2.29. The minimum absolute atomic E-state index is 0.0710. The summed E-state index contributed by atoms with van der Waals surface area (Å²) in [4.78, 5) is 0. The number of nitrogens with zero attached hydrogens (tertiary/aromatic N) is 3. The second-order valence-electron chi connectivity index (χ2n) is 4.96. The third-order valence-electron chi connectivity index (χ3n) is 3.57. The highest BCUT2D eigenvalue weighted by Crippen LogP contribution is 2.19. The van der Waals surface area contributed by atoms with Crippen molar-refractivity contribution in [3.05, 3.63) is 11.6 Å². The summed E-state index contributed by atoms with van der Waals surface area (Å²) < 4.78 is 2.07. The summed E-state index contributed by atoms with van der Waals surface area (Å²) in [6, 6.07) is 0.0710. The van der Waals surface area contributed by atoms with Crippen molar-refractivity contribution in [3.8, 4) is 0 Å². The van der Waals surface area contributed by atoms with Gasteiger partial charge < -0.3 is 15.0 Å². The molecule has 5 heteroatoms. The van der Waals surface area contributed by atoms with Crippen LogP contribution < -0.4 is 5.32 Å². The lowest BCUT2D eigenvalue weighted by atomic mass is 9.94. The van der Waals surface area contributed by atoms with Crippen LogP contribution in [0.2, 0.25) is 0 Å². The molecule has 1 aromatic heterocycles. The topological polar surface area (TPSA) is 63.0 Å². The van der Waals surface area contributed by atoms with Crippen LogP contribution in [0.25, 0.3) is 0 Å². The van der Waals surface area contributed by atoms with Gasteiger partial charge in [-0.25, -0.2) is 0 Å². The molecule has 1 aromatic rings. The van der Waals surface area contributed by atoms with E-state index in [1.54, 1.807) is 0 Å². The molecule has 5 nitrogen and oxygen atoms in total. The van der Waals surface area contributed by atoms with Gasteiger partial charge in [0.05, 0.1) is 12.6 Å². The fourth-order valence-corrected chi connectivity index (χ4v) is 2.55. The summed E-state index contributed by atoms with van der Waals surface area (Å²) in [6.07, 6.45) is 3.39. The maximum absolute atomic E-state index is 9.27. The minimum atomic E-state index is 0.0710. The van der Waals surface area contributed by atoms with Gasteiger partial charge in [0, 0.05) is 6.42 Å². The van der Waals surface area contributed by atoms with Crippen LogP contribution in [-0.2, 0) is 6.42 Å². The van der Waals surface area contributed by atoms with Crippen molar-refractivity contribution < 1.29 is 5.11 Å². The Morgan fingerprint density at radius 2 is 2.12 bits per heavy atom. The Labute approximate surface area is 102 Å². The zero-order valence-corrected chi connectivity index (χ0v) is 10.7. The smallest absolute Gasteiger partial charge is 0.133 e. The average Bonchev–Trinajstić information content (AvgIpc) is 2.71. The van der Waals surface area contributed by atoms with E-state index in [2.05, 4.69) is 20.1 Å². The first-order chi connectivity index (χ1) is 8.22. The first-order valence-electron chi connectivity index (χ1n) is 6.44. The van der Waals surface area contributed by atoms with Gasteiger partial charge in [0.15, 0.2) is 0 Å². The van der Waals surface area contributed by atoms with Crippen LogP contribution in [0.1, 0.15) is 37.5 Å². The van der Waals surface area contributed by atoms with Gasteiger partial charge in [-0.05, 0) is 45.7 Å². The van der Waals surface area contributed by atoms with Crippen molar-refractivity contribution in [1.29, 1.82) is 0 Å². The van der Waals surface area contributed by atoms with Gasteiger partial charge in [-0.3, -0.25) is 0 Å². The van der Waals surface area contributed by atoms with Gasteiger partial charge in [-0.15, -0.1) is 10.2 Å². The van der Waals surface area contributed by atoms with Gasteiger partial charge in [0.25, 0.3) is 0 Å². The number of aliphatic hydroxyl groups is 1. The number of aryl methyl sites for hydroxylation is 1. The van der Waals surface area contributed by atoms with Crippen LogP contribution in [-0.4, -0.2) is 39.6 Å². The SMILES string of the molecule is Cc1nnc(CC2CCNCC2)n1C(C)CO. The maximum atomic E-state index is 9.27. The maximum Gasteiger partial charge on any atom is 0.133 e. The quantitative estimate of drug-likeness (QED) is 0.810.